The maximum atomic E-state index is 12.0. The van der Waals surface area contributed by atoms with Crippen molar-refractivity contribution in [2.45, 2.75) is 20.3 Å². The number of rotatable bonds is 3. The van der Waals surface area contributed by atoms with Crippen molar-refractivity contribution in [3.8, 4) is 0 Å². The van der Waals surface area contributed by atoms with Gasteiger partial charge < -0.3 is 9.32 Å². The van der Waals surface area contributed by atoms with E-state index in [2.05, 4.69) is 0 Å². The molecule has 0 N–H and O–H groups in total. The molecule has 0 saturated heterocycles. The molecule has 0 aliphatic rings. The summed E-state index contributed by atoms with van der Waals surface area (Å²) in [6, 6.07) is 7.73. The third-order valence-electron chi connectivity index (χ3n) is 2.79. The summed E-state index contributed by atoms with van der Waals surface area (Å²) >= 11 is 0. The first-order valence-electron chi connectivity index (χ1n) is 5.87. The van der Waals surface area contributed by atoms with Gasteiger partial charge in [0.1, 0.15) is 5.58 Å². The predicted octanol–water partition coefficient (Wildman–Crippen LogP) is 3.22. The minimum absolute atomic E-state index is 0.0549. The average molecular weight is 231 g/mol. The lowest BCUT2D eigenvalue weighted by atomic mass is 10.2. The fourth-order valence-electron chi connectivity index (χ4n) is 1.89. The maximum absolute atomic E-state index is 12.0. The Balaban J connectivity index is 2.33. The number of furan rings is 1. The first kappa shape index (κ1) is 11.7. The Bertz CT molecular complexity index is 542. The van der Waals surface area contributed by atoms with Crippen LogP contribution < -0.4 is 0 Å². The van der Waals surface area contributed by atoms with Gasteiger partial charge in [-0.15, -0.1) is 0 Å². The van der Waals surface area contributed by atoms with Crippen molar-refractivity contribution in [3.05, 3.63) is 35.6 Å². The van der Waals surface area contributed by atoms with Crippen LogP contribution in [0.1, 0.15) is 29.5 Å². The van der Waals surface area contributed by atoms with E-state index < -0.39 is 0 Å². The van der Waals surface area contributed by atoms with Crippen molar-refractivity contribution in [1.82, 2.24) is 4.90 Å². The third kappa shape index (κ3) is 2.33. The molecule has 1 aromatic carbocycles. The highest BCUT2D eigenvalue weighted by Crippen LogP contribution is 2.21. The predicted molar refractivity (Wildman–Crippen MR) is 68.2 cm³/mol. The standard InChI is InChI=1S/C14H17NO2/c1-4-7-15(3)14(16)13-9-11-8-10(2)5-6-12(11)17-13/h5-6,8-9H,4,7H2,1-3H3. The van der Waals surface area contributed by atoms with Crippen LogP contribution in [0.2, 0.25) is 0 Å². The Morgan fingerprint density at radius 3 is 2.82 bits per heavy atom. The first-order valence-corrected chi connectivity index (χ1v) is 5.87. The van der Waals surface area contributed by atoms with Gasteiger partial charge in [-0.3, -0.25) is 4.79 Å². The zero-order valence-electron chi connectivity index (χ0n) is 10.5. The second-order valence-corrected chi connectivity index (χ2v) is 4.38. The van der Waals surface area contributed by atoms with E-state index >= 15 is 0 Å². The Kier molecular flexibility index (Phi) is 3.18. The number of carbonyl (C=O) groups is 1. The Morgan fingerprint density at radius 2 is 2.12 bits per heavy atom. The fourth-order valence-corrected chi connectivity index (χ4v) is 1.89. The molecule has 0 spiro atoms. The number of aryl methyl sites for hydroxylation is 1. The summed E-state index contributed by atoms with van der Waals surface area (Å²) in [6.07, 6.45) is 0.946. The van der Waals surface area contributed by atoms with Gasteiger partial charge in [-0.25, -0.2) is 0 Å². The van der Waals surface area contributed by atoms with Crippen LogP contribution in [0.15, 0.2) is 28.7 Å². The summed E-state index contributed by atoms with van der Waals surface area (Å²) in [7, 11) is 1.80. The largest absolute Gasteiger partial charge is 0.451 e. The zero-order chi connectivity index (χ0) is 12.4. The van der Waals surface area contributed by atoms with Crippen molar-refractivity contribution >= 4 is 16.9 Å². The molecule has 3 heteroatoms. The monoisotopic (exact) mass is 231 g/mol. The molecule has 0 atom stereocenters. The highest BCUT2D eigenvalue weighted by molar-refractivity contribution is 5.96. The van der Waals surface area contributed by atoms with Gasteiger partial charge in [0.15, 0.2) is 5.76 Å². The Morgan fingerprint density at radius 1 is 1.35 bits per heavy atom. The molecule has 0 fully saturated rings. The van der Waals surface area contributed by atoms with E-state index in [1.807, 2.05) is 38.1 Å². The van der Waals surface area contributed by atoms with Crippen LogP contribution >= 0.6 is 0 Å². The number of fused-ring (bicyclic) bond motifs is 1. The van der Waals surface area contributed by atoms with Crippen LogP contribution in [-0.4, -0.2) is 24.4 Å². The summed E-state index contributed by atoms with van der Waals surface area (Å²) in [5, 5.41) is 0.984. The summed E-state index contributed by atoms with van der Waals surface area (Å²) in [5.74, 6) is 0.363. The molecule has 1 heterocycles. The van der Waals surface area contributed by atoms with Crippen molar-refractivity contribution in [3.63, 3.8) is 0 Å². The first-order chi connectivity index (χ1) is 8.11. The molecule has 0 bridgehead atoms. The molecule has 3 nitrogen and oxygen atoms in total. The van der Waals surface area contributed by atoms with E-state index in [1.54, 1.807) is 11.9 Å². The molecule has 0 saturated carbocycles. The zero-order valence-corrected chi connectivity index (χ0v) is 10.5. The maximum Gasteiger partial charge on any atom is 0.289 e. The van der Waals surface area contributed by atoms with Gasteiger partial charge in [-0.1, -0.05) is 18.6 Å². The van der Waals surface area contributed by atoms with E-state index in [1.165, 1.54) is 5.56 Å². The number of carbonyl (C=O) groups excluding carboxylic acids is 1. The molecular formula is C14H17NO2. The van der Waals surface area contributed by atoms with Crippen LogP contribution in [0.5, 0.6) is 0 Å². The minimum Gasteiger partial charge on any atom is -0.451 e. The van der Waals surface area contributed by atoms with Gasteiger partial charge >= 0.3 is 0 Å². The topological polar surface area (TPSA) is 33.5 Å². The average Bonchev–Trinajstić information content (AvgIpc) is 2.71. The highest BCUT2D eigenvalue weighted by Gasteiger charge is 2.15. The number of hydrogen-bond donors (Lipinski definition) is 0. The molecule has 2 rings (SSSR count). The quantitative estimate of drug-likeness (QED) is 0.812. The van der Waals surface area contributed by atoms with Gasteiger partial charge in [0.2, 0.25) is 0 Å². The van der Waals surface area contributed by atoms with Crippen molar-refractivity contribution in [2.75, 3.05) is 13.6 Å². The third-order valence-corrected chi connectivity index (χ3v) is 2.79. The molecule has 90 valence electrons. The van der Waals surface area contributed by atoms with Crippen molar-refractivity contribution < 1.29 is 9.21 Å². The van der Waals surface area contributed by atoms with Crippen LogP contribution in [0.4, 0.5) is 0 Å². The number of benzene rings is 1. The smallest absolute Gasteiger partial charge is 0.289 e. The van der Waals surface area contributed by atoms with Crippen LogP contribution in [0, 0.1) is 6.92 Å². The second kappa shape index (κ2) is 4.62. The van der Waals surface area contributed by atoms with Gasteiger partial charge in [0.05, 0.1) is 0 Å². The van der Waals surface area contributed by atoms with Gasteiger partial charge in [0, 0.05) is 19.0 Å². The van der Waals surface area contributed by atoms with E-state index in [4.69, 9.17) is 4.42 Å². The summed E-state index contributed by atoms with van der Waals surface area (Å²) in [6.45, 7) is 4.82. The van der Waals surface area contributed by atoms with E-state index in [9.17, 15) is 4.79 Å². The molecule has 0 radical (unpaired) electrons. The van der Waals surface area contributed by atoms with Crippen LogP contribution in [-0.2, 0) is 0 Å². The molecular weight excluding hydrogens is 214 g/mol. The lowest BCUT2D eigenvalue weighted by Gasteiger charge is -2.13. The lowest BCUT2D eigenvalue weighted by molar-refractivity contribution is 0.0766. The van der Waals surface area contributed by atoms with Gasteiger partial charge in [0.25, 0.3) is 5.91 Å². The van der Waals surface area contributed by atoms with E-state index in [-0.39, 0.29) is 5.91 Å². The van der Waals surface area contributed by atoms with Crippen molar-refractivity contribution in [2.24, 2.45) is 0 Å². The van der Waals surface area contributed by atoms with E-state index in [0.29, 0.717) is 5.76 Å². The van der Waals surface area contributed by atoms with Crippen LogP contribution in [0.25, 0.3) is 11.0 Å². The summed E-state index contributed by atoms with van der Waals surface area (Å²) in [5.41, 5.74) is 1.93. The molecule has 1 amide bonds. The molecule has 0 unspecified atom stereocenters. The molecule has 0 aliphatic carbocycles. The molecule has 2 aromatic rings. The molecule has 1 aromatic heterocycles. The highest BCUT2D eigenvalue weighted by atomic mass is 16.3. The number of amides is 1. The fraction of sp³-hybridized carbons (Fsp3) is 0.357. The van der Waals surface area contributed by atoms with Gasteiger partial charge in [-0.2, -0.15) is 0 Å². The number of hydrogen-bond acceptors (Lipinski definition) is 2. The second-order valence-electron chi connectivity index (χ2n) is 4.38. The van der Waals surface area contributed by atoms with Gasteiger partial charge in [-0.05, 0) is 31.5 Å². The molecule has 17 heavy (non-hydrogen) atoms. The number of nitrogens with zero attached hydrogens (tertiary/aromatic N) is 1. The van der Waals surface area contributed by atoms with Crippen LogP contribution in [0.3, 0.4) is 0 Å². The van der Waals surface area contributed by atoms with Crippen molar-refractivity contribution in [1.29, 1.82) is 0 Å². The normalized spacial score (nSPS) is 10.8. The SMILES string of the molecule is CCCN(C)C(=O)c1cc2cc(C)ccc2o1. The Hall–Kier alpha value is -1.77. The summed E-state index contributed by atoms with van der Waals surface area (Å²) in [4.78, 5) is 13.7. The minimum atomic E-state index is -0.0549. The Labute approximate surface area is 101 Å². The van der Waals surface area contributed by atoms with E-state index in [0.717, 1.165) is 23.9 Å². The summed E-state index contributed by atoms with van der Waals surface area (Å²) < 4.78 is 5.56. The molecule has 0 aliphatic heterocycles. The lowest BCUT2D eigenvalue weighted by Crippen LogP contribution is -2.26.